The third-order valence-electron chi connectivity index (χ3n) is 2.35. The highest BCUT2D eigenvalue weighted by atomic mass is 35.5. The van der Waals surface area contributed by atoms with Crippen LogP contribution < -0.4 is 5.32 Å². The van der Waals surface area contributed by atoms with E-state index in [1.807, 2.05) is 44.2 Å². The number of benzene rings is 1. The summed E-state index contributed by atoms with van der Waals surface area (Å²) >= 11 is 5.74. The van der Waals surface area contributed by atoms with E-state index < -0.39 is 0 Å². The molecule has 4 heteroatoms. The van der Waals surface area contributed by atoms with E-state index in [4.69, 9.17) is 11.6 Å². The molecule has 1 N–H and O–H groups in total. The molecule has 0 saturated heterocycles. The number of hydrogen-bond donors (Lipinski definition) is 1. The van der Waals surface area contributed by atoms with Crippen molar-refractivity contribution in [1.82, 2.24) is 9.97 Å². The lowest BCUT2D eigenvalue weighted by Gasteiger charge is -2.07. The second kappa shape index (κ2) is 5.15. The maximum Gasteiger partial charge on any atom is 0.134 e. The number of aryl methyl sites for hydroxylation is 2. The van der Waals surface area contributed by atoms with Crippen LogP contribution in [0.25, 0.3) is 0 Å². The van der Waals surface area contributed by atoms with E-state index in [1.165, 1.54) is 0 Å². The molecule has 0 bridgehead atoms. The number of rotatable bonds is 3. The van der Waals surface area contributed by atoms with Gasteiger partial charge in [0.05, 0.1) is 0 Å². The first-order valence-corrected chi connectivity index (χ1v) is 5.95. The summed E-state index contributed by atoms with van der Waals surface area (Å²) in [5.41, 5.74) is 3.06. The third kappa shape index (κ3) is 3.17. The maximum absolute atomic E-state index is 5.74. The van der Waals surface area contributed by atoms with E-state index in [9.17, 15) is 0 Å². The van der Waals surface area contributed by atoms with Gasteiger partial charge in [0.1, 0.15) is 11.6 Å². The molecule has 88 valence electrons. The van der Waals surface area contributed by atoms with Crippen molar-refractivity contribution in [1.29, 1.82) is 0 Å². The summed E-state index contributed by atoms with van der Waals surface area (Å²) in [4.78, 5) is 8.56. The van der Waals surface area contributed by atoms with Crippen molar-refractivity contribution in [3.8, 4) is 0 Å². The van der Waals surface area contributed by atoms with Gasteiger partial charge in [-0.25, -0.2) is 9.97 Å². The number of aromatic nitrogens is 2. The van der Waals surface area contributed by atoms with E-state index in [1.54, 1.807) is 0 Å². The zero-order chi connectivity index (χ0) is 12.3. The van der Waals surface area contributed by atoms with Gasteiger partial charge in [0.2, 0.25) is 0 Å². The molecule has 0 aliphatic heterocycles. The number of halogens is 1. The van der Waals surface area contributed by atoms with Gasteiger partial charge in [-0.1, -0.05) is 12.1 Å². The standard InChI is InChI=1S/C13H14ClN3/c1-9-7-13(16-10(2)15-9)17-12-5-3-11(8-14)4-6-12/h3-7H,8H2,1-2H3,(H,15,16,17). The number of nitrogens with zero attached hydrogens (tertiary/aromatic N) is 2. The first-order valence-electron chi connectivity index (χ1n) is 5.41. The van der Waals surface area contributed by atoms with Crippen molar-refractivity contribution >= 4 is 23.1 Å². The van der Waals surface area contributed by atoms with Crippen LogP contribution in [0.4, 0.5) is 11.5 Å². The van der Waals surface area contributed by atoms with E-state index in [-0.39, 0.29) is 0 Å². The van der Waals surface area contributed by atoms with Crippen molar-refractivity contribution in [2.75, 3.05) is 5.32 Å². The highest BCUT2D eigenvalue weighted by molar-refractivity contribution is 6.17. The molecule has 3 nitrogen and oxygen atoms in total. The van der Waals surface area contributed by atoms with E-state index >= 15 is 0 Å². The Kier molecular flexibility index (Phi) is 3.59. The molecule has 0 atom stereocenters. The monoisotopic (exact) mass is 247 g/mol. The molecule has 2 rings (SSSR count). The number of nitrogens with one attached hydrogen (secondary N) is 1. The number of alkyl halides is 1. The molecule has 1 aromatic carbocycles. The summed E-state index contributed by atoms with van der Waals surface area (Å²) in [7, 11) is 0. The van der Waals surface area contributed by atoms with Crippen LogP contribution in [0.5, 0.6) is 0 Å². The fraction of sp³-hybridized carbons (Fsp3) is 0.231. The second-order valence-corrected chi connectivity index (χ2v) is 4.16. The molecule has 0 saturated carbocycles. The summed E-state index contributed by atoms with van der Waals surface area (Å²) in [6, 6.07) is 9.89. The van der Waals surface area contributed by atoms with Crippen LogP contribution in [0, 0.1) is 13.8 Å². The molecule has 0 aliphatic carbocycles. The van der Waals surface area contributed by atoms with Crippen LogP contribution in [-0.4, -0.2) is 9.97 Å². The quantitative estimate of drug-likeness (QED) is 0.843. The van der Waals surface area contributed by atoms with Crippen LogP contribution in [-0.2, 0) is 5.88 Å². The Morgan fingerprint density at radius 2 is 1.82 bits per heavy atom. The molecule has 2 aromatic rings. The molecule has 0 aliphatic rings. The zero-order valence-corrected chi connectivity index (χ0v) is 10.6. The number of anilines is 2. The molecule has 0 spiro atoms. The van der Waals surface area contributed by atoms with Gasteiger partial charge >= 0.3 is 0 Å². The van der Waals surface area contributed by atoms with Crippen molar-refractivity contribution in [3.63, 3.8) is 0 Å². The summed E-state index contributed by atoms with van der Waals surface area (Å²) in [6.45, 7) is 3.84. The van der Waals surface area contributed by atoms with Crippen LogP contribution in [0.15, 0.2) is 30.3 Å². The van der Waals surface area contributed by atoms with Crippen LogP contribution in [0.3, 0.4) is 0 Å². The summed E-state index contributed by atoms with van der Waals surface area (Å²) in [6.07, 6.45) is 0. The van der Waals surface area contributed by atoms with Gasteiger partial charge in [0.15, 0.2) is 0 Å². The molecular formula is C13H14ClN3. The maximum atomic E-state index is 5.74. The van der Waals surface area contributed by atoms with E-state index in [0.29, 0.717) is 5.88 Å². The Bertz CT molecular complexity index is 488. The van der Waals surface area contributed by atoms with Gasteiger partial charge in [0, 0.05) is 23.3 Å². The van der Waals surface area contributed by atoms with Crippen molar-refractivity contribution < 1.29 is 0 Å². The Morgan fingerprint density at radius 1 is 1.12 bits per heavy atom. The predicted molar refractivity (Wildman–Crippen MR) is 70.8 cm³/mol. The Balaban J connectivity index is 2.19. The van der Waals surface area contributed by atoms with Gasteiger partial charge in [-0.05, 0) is 31.5 Å². The number of hydrogen-bond acceptors (Lipinski definition) is 3. The normalized spacial score (nSPS) is 10.3. The molecule has 0 fully saturated rings. The summed E-state index contributed by atoms with van der Waals surface area (Å²) in [5.74, 6) is 2.12. The third-order valence-corrected chi connectivity index (χ3v) is 2.66. The van der Waals surface area contributed by atoms with Crippen LogP contribution in [0.1, 0.15) is 17.1 Å². The summed E-state index contributed by atoms with van der Waals surface area (Å²) in [5, 5.41) is 3.24. The minimum absolute atomic E-state index is 0.534. The van der Waals surface area contributed by atoms with Crippen molar-refractivity contribution in [3.05, 3.63) is 47.4 Å². The van der Waals surface area contributed by atoms with Crippen molar-refractivity contribution in [2.45, 2.75) is 19.7 Å². The SMILES string of the molecule is Cc1cc(Nc2ccc(CCl)cc2)nc(C)n1. The lowest BCUT2D eigenvalue weighted by atomic mass is 10.2. The van der Waals surface area contributed by atoms with E-state index in [0.717, 1.165) is 28.6 Å². The highest BCUT2D eigenvalue weighted by Gasteiger charge is 1.99. The van der Waals surface area contributed by atoms with Crippen molar-refractivity contribution in [2.24, 2.45) is 0 Å². The first kappa shape index (κ1) is 11.9. The van der Waals surface area contributed by atoms with Crippen LogP contribution in [0.2, 0.25) is 0 Å². The summed E-state index contributed by atoms with van der Waals surface area (Å²) < 4.78 is 0. The molecule has 1 aromatic heterocycles. The minimum atomic E-state index is 0.534. The molecule has 17 heavy (non-hydrogen) atoms. The van der Waals surface area contributed by atoms with Crippen LogP contribution >= 0.6 is 11.6 Å². The van der Waals surface area contributed by atoms with Gasteiger partial charge in [-0.2, -0.15) is 0 Å². The zero-order valence-electron chi connectivity index (χ0n) is 9.87. The van der Waals surface area contributed by atoms with Gasteiger partial charge in [-0.15, -0.1) is 11.6 Å². The lowest BCUT2D eigenvalue weighted by Crippen LogP contribution is -1.98. The molecule has 0 radical (unpaired) electrons. The molecular weight excluding hydrogens is 234 g/mol. The smallest absolute Gasteiger partial charge is 0.134 e. The topological polar surface area (TPSA) is 37.8 Å². The average molecular weight is 248 g/mol. The fourth-order valence-corrected chi connectivity index (χ4v) is 1.78. The Hall–Kier alpha value is -1.61. The largest absolute Gasteiger partial charge is 0.340 e. The Morgan fingerprint density at radius 3 is 2.41 bits per heavy atom. The molecule has 0 unspecified atom stereocenters. The Labute approximate surface area is 106 Å². The molecule has 1 heterocycles. The highest BCUT2D eigenvalue weighted by Crippen LogP contribution is 2.16. The fourth-order valence-electron chi connectivity index (χ4n) is 1.61. The lowest BCUT2D eigenvalue weighted by molar-refractivity contribution is 1.02. The average Bonchev–Trinajstić information content (AvgIpc) is 2.28. The second-order valence-electron chi connectivity index (χ2n) is 3.90. The van der Waals surface area contributed by atoms with Gasteiger partial charge < -0.3 is 5.32 Å². The first-order chi connectivity index (χ1) is 8.17. The van der Waals surface area contributed by atoms with Gasteiger partial charge in [0.25, 0.3) is 0 Å². The predicted octanol–water partition coefficient (Wildman–Crippen LogP) is 3.58. The van der Waals surface area contributed by atoms with E-state index in [2.05, 4.69) is 15.3 Å². The van der Waals surface area contributed by atoms with Gasteiger partial charge in [-0.3, -0.25) is 0 Å². The minimum Gasteiger partial charge on any atom is -0.340 e. The molecule has 0 amide bonds.